The Balaban J connectivity index is 1.88. The van der Waals surface area contributed by atoms with Crippen LogP contribution in [0.1, 0.15) is 32.1 Å². The molecule has 3 aliphatic rings. The lowest BCUT2D eigenvalue weighted by Crippen LogP contribution is -2.53. The number of hydrogen-bond acceptors (Lipinski definition) is 4. The molecule has 0 aromatic heterocycles. The normalized spacial score (nSPS) is 43.4. The topological polar surface area (TPSA) is 44.8 Å². The molecule has 3 rings (SSSR count). The van der Waals surface area contributed by atoms with Crippen molar-refractivity contribution in [1.29, 1.82) is 0 Å². The first-order valence-corrected chi connectivity index (χ1v) is 5.97. The lowest BCUT2D eigenvalue weighted by Gasteiger charge is -2.43. The molecule has 0 saturated carbocycles. The summed E-state index contributed by atoms with van der Waals surface area (Å²) in [5.74, 6) is -1.84. The SMILES string of the molecule is O=C1C=C[C@@]2(CCCCO2)O[C@@]12CCCO2. The average molecular weight is 224 g/mol. The molecule has 0 bridgehead atoms. The monoisotopic (exact) mass is 224 g/mol. The summed E-state index contributed by atoms with van der Waals surface area (Å²) in [6, 6.07) is 0. The first kappa shape index (κ1) is 10.4. The molecule has 0 amide bonds. The van der Waals surface area contributed by atoms with E-state index in [9.17, 15) is 4.79 Å². The van der Waals surface area contributed by atoms with Gasteiger partial charge in [0, 0.05) is 12.8 Å². The predicted molar refractivity (Wildman–Crippen MR) is 55.7 cm³/mol. The predicted octanol–water partition coefficient (Wildman–Crippen LogP) is 1.55. The van der Waals surface area contributed by atoms with E-state index in [-0.39, 0.29) is 5.78 Å². The number of carbonyl (C=O) groups excluding carboxylic acids is 1. The number of ether oxygens (including phenoxy) is 3. The fourth-order valence-corrected chi connectivity index (χ4v) is 2.58. The highest BCUT2D eigenvalue weighted by molar-refractivity contribution is 5.97. The Bertz CT molecular complexity index is 322. The van der Waals surface area contributed by atoms with Crippen LogP contribution in [0.2, 0.25) is 0 Å². The van der Waals surface area contributed by atoms with E-state index >= 15 is 0 Å². The Kier molecular flexibility index (Phi) is 2.38. The van der Waals surface area contributed by atoms with E-state index in [1.165, 1.54) is 0 Å². The molecule has 4 nitrogen and oxygen atoms in total. The summed E-state index contributed by atoms with van der Waals surface area (Å²) in [6.45, 7) is 1.28. The molecule has 0 N–H and O–H groups in total. The van der Waals surface area contributed by atoms with Gasteiger partial charge in [-0.25, -0.2) is 0 Å². The van der Waals surface area contributed by atoms with Crippen LogP contribution in [0.5, 0.6) is 0 Å². The standard InChI is InChI=1S/C12H16O4/c13-10-4-7-11(5-1-2-8-14-11)16-12(10)6-3-9-15-12/h4,7H,1-3,5-6,8-9H2/t11-,12+/m1/s1. The number of carbonyl (C=O) groups is 1. The number of hydrogen-bond donors (Lipinski definition) is 0. The molecule has 4 heteroatoms. The van der Waals surface area contributed by atoms with Crippen LogP contribution in [0.15, 0.2) is 12.2 Å². The second kappa shape index (κ2) is 3.65. The molecule has 2 atom stereocenters. The Labute approximate surface area is 94.5 Å². The van der Waals surface area contributed by atoms with Crippen LogP contribution >= 0.6 is 0 Å². The third-order valence-corrected chi connectivity index (χ3v) is 3.45. The summed E-state index contributed by atoms with van der Waals surface area (Å²) >= 11 is 0. The van der Waals surface area contributed by atoms with Crippen LogP contribution in [0.3, 0.4) is 0 Å². The lowest BCUT2D eigenvalue weighted by molar-refractivity contribution is -0.326. The van der Waals surface area contributed by atoms with Crippen LogP contribution in [-0.2, 0) is 19.0 Å². The minimum atomic E-state index is -1.05. The highest BCUT2D eigenvalue weighted by Gasteiger charge is 2.52. The zero-order valence-electron chi connectivity index (χ0n) is 9.24. The Morgan fingerprint density at radius 2 is 1.94 bits per heavy atom. The summed E-state index contributed by atoms with van der Waals surface area (Å²) in [5.41, 5.74) is 0. The number of ketones is 1. The second-order valence-corrected chi connectivity index (χ2v) is 4.62. The molecule has 0 aromatic rings. The Morgan fingerprint density at radius 3 is 2.62 bits per heavy atom. The van der Waals surface area contributed by atoms with Crippen molar-refractivity contribution in [3.63, 3.8) is 0 Å². The molecule has 3 heterocycles. The summed E-state index contributed by atoms with van der Waals surface area (Å²) in [6.07, 6.45) is 7.76. The number of rotatable bonds is 0. The van der Waals surface area contributed by atoms with Crippen molar-refractivity contribution < 1.29 is 19.0 Å². The fraction of sp³-hybridized carbons (Fsp3) is 0.750. The molecular weight excluding hydrogens is 208 g/mol. The van der Waals surface area contributed by atoms with Crippen molar-refractivity contribution in [3.8, 4) is 0 Å². The molecule has 3 aliphatic heterocycles. The van der Waals surface area contributed by atoms with Crippen LogP contribution in [0, 0.1) is 0 Å². The van der Waals surface area contributed by atoms with E-state index in [0.717, 1.165) is 25.7 Å². The largest absolute Gasteiger partial charge is 0.346 e. The van der Waals surface area contributed by atoms with Crippen molar-refractivity contribution >= 4 is 5.78 Å². The van der Waals surface area contributed by atoms with Gasteiger partial charge in [-0.05, 0) is 31.4 Å². The molecular formula is C12H16O4. The van der Waals surface area contributed by atoms with Crippen LogP contribution in [-0.4, -0.2) is 30.6 Å². The van der Waals surface area contributed by atoms with Crippen LogP contribution in [0.4, 0.5) is 0 Å². The molecule has 0 aromatic carbocycles. The van der Waals surface area contributed by atoms with Crippen molar-refractivity contribution in [3.05, 3.63) is 12.2 Å². The van der Waals surface area contributed by atoms with Crippen LogP contribution in [0.25, 0.3) is 0 Å². The van der Waals surface area contributed by atoms with E-state index in [4.69, 9.17) is 14.2 Å². The maximum Gasteiger partial charge on any atom is 0.235 e. The zero-order valence-corrected chi connectivity index (χ0v) is 9.24. The maximum absolute atomic E-state index is 11.9. The van der Waals surface area contributed by atoms with Gasteiger partial charge in [0.25, 0.3) is 0 Å². The third kappa shape index (κ3) is 1.52. The second-order valence-electron chi connectivity index (χ2n) is 4.62. The first-order chi connectivity index (χ1) is 7.75. The quantitative estimate of drug-likeness (QED) is 0.626. The minimum absolute atomic E-state index is 0.0789. The fourth-order valence-electron chi connectivity index (χ4n) is 2.58. The summed E-state index contributed by atoms with van der Waals surface area (Å²) in [5, 5.41) is 0. The van der Waals surface area contributed by atoms with E-state index in [1.54, 1.807) is 12.2 Å². The van der Waals surface area contributed by atoms with E-state index in [0.29, 0.717) is 19.6 Å². The van der Waals surface area contributed by atoms with Gasteiger partial charge in [0.15, 0.2) is 5.79 Å². The van der Waals surface area contributed by atoms with E-state index < -0.39 is 11.6 Å². The molecule has 0 unspecified atom stereocenters. The van der Waals surface area contributed by atoms with E-state index in [2.05, 4.69) is 0 Å². The van der Waals surface area contributed by atoms with Gasteiger partial charge in [-0.1, -0.05) is 0 Å². The van der Waals surface area contributed by atoms with Gasteiger partial charge in [-0.3, -0.25) is 4.79 Å². The average Bonchev–Trinajstić information content (AvgIpc) is 2.75. The van der Waals surface area contributed by atoms with Gasteiger partial charge in [-0.2, -0.15) is 0 Å². The smallest absolute Gasteiger partial charge is 0.235 e. The van der Waals surface area contributed by atoms with Gasteiger partial charge >= 0.3 is 0 Å². The van der Waals surface area contributed by atoms with Gasteiger partial charge in [0.05, 0.1) is 13.2 Å². The van der Waals surface area contributed by atoms with Crippen LogP contribution < -0.4 is 0 Å². The molecule has 0 radical (unpaired) electrons. The zero-order chi connectivity index (χ0) is 11.1. The Hall–Kier alpha value is -0.710. The molecule has 2 spiro atoms. The van der Waals surface area contributed by atoms with Gasteiger partial charge in [-0.15, -0.1) is 0 Å². The lowest BCUT2D eigenvalue weighted by atomic mass is 9.97. The van der Waals surface area contributed by atoms with E-state index in [1.807, 2.05) is 0 Å². The minimum Gasteiger partial charge on any atom is -0.346 e. The molecule has 16 heavy (non-hydrogen) atoms. The van der Waals surface area contributed by atoms with Crippen molar-refractivity contribution in [1.82, 2.24) is 0 Å². The molecule has 2 fully saturated rings. The third-order valence-electron chi connectivity index (χ3n) is 3.45. The summed E-state index contributed by atoms with van der Waals surface area (Å²) < 4.78 is 17.1. The molecule has 2 saturated heterocycles. The van der Waals surface area contributed by atoms with Crippen molar-refractivity contribution in [2.45, 2.75) is 43.7 Å². The molecule has 88 valence electrons. The van der Waals surface area contributed by atoms with Gasteiger partial charge in [0.2, 0.25) is 11.6 Å². The Morgan fingerprint density at radius 1 is 1.06 bits per heavy atom. The van der Waals surface area contributed by atoms with Gasteiger partial charge < -0.3 is 14.2 Å². The van der Waals surface area contributed by atoms with Crippen molar-refractivity contribution in [2.75, 3.05) is 13.2 Å². The molecule has 0 aliphatic carbocycles. The maximum atomic E-state index is 11.9. The highest BCUT2D eigenvalue weighted by atomic mass is 16.8. The summed E-state index contributed by atoms with van der Waals surface area (Å²) in [7, 11) is 0. The first-order valence-electron chi connectivity index (χ1n) is 5.97. The summed E-state index contributed by atoms with van der Waals surface area (Å²) in [4.78, 5) is 11.9. The van der Waals surface area contributed by atoms with Crippen molar-refractivity contribution in [2.24, 2.45) is 0 Å². The highest BCUT2D eigenvalue weighted by Crippen LogP contribution is 2.41. The van der Waals surface area contributed by atoms with Gasteiger partial charge in [0.1, 0.15) is 0 Å².